The maximum atomic E-state index is 9.48. The first-order chi connectivity index (χ1) is 5.29. The molecule has 0 bridgehead atoms. The molecule has 0 aromatic rings. The van der Waals surface area contributed by atoms with E-state index in [0.717, 1.165) is 13.8 Å². The summed E-state index contributed by atoms with van der Waals surface area (Å²) in [6, 6.07) is 0. The third-order valence-corrected chi connectivity index (χ3v) is 0.629. The van der Waals surface area contributed by atoms with Crippen molar-refractivity contribution < 1.29 is 29.7 Å². The number of hydrogen-bond donors (Lipinski definition) is 1. The zero-order valence-corrected chi connectivity index (χ0v) is 9.48. The average Bonchev–Trinajstić information content (AvgIpc) is 1.88. The Hall–Kier alpha value is -0.170. The maximum Gasteiger partial charge on any atom is 2.00 e. The standard InChI is InChI=1S/C3H6O3.C3H4O3.Ca/c2*1-2(4)3(5)6;/h2,4H,1H3,(H,5,6);1H3,(H,5,6);/q;;+2/p-2. The molecular formula is C6H8CaO6. The van der Waals surface area contributed by atoms with Gasteiger partial charge in [0, 0.05) is 6.92 Å². The number of Topliss-reactive ketones (excluding diaryl/α,β-unsaturated/α-hetero) is 1. The second-order valence-corrected chi connectivity index (χ2v) is 1.84. The van der Waals surface area contributed by atoms with Crippen molar-refractivity contribution in [2.45, 2.75) is 20.0 Å². The normalized spacial score (nSPS) is 9.77. The second kappa shape index (κ2) is 9.91. The number of carboxylic acids is 2. The van der Waals surface area contributed by atoms with Crippen molar-refractivity contribution >= 4 is 55.5 Å². The fourth-order valence-electron chi connectivity index (χ4n) is 0. The van der Waals surface area contributed by atoms with Crippen LogP contribution < -0.4 is 10.2 Å². The molecule has 0 rings (SSSR count). The van der Waals surface area contributed by atoms with Gasteiger partial charge >= 0.3 is 37.7 Å². The minimum Gasteiger partial charge on any atom is -0.547 e. The molecule has 0 heterocycles. The van der Waals surface area contributed by atoms with E-state index in [1.165, 1.54) is 0 Å². The molecule has 0 aromatic heterocycles. The number of aliphatic hydroxyl groups excluding tert-OH is 1. The number of rotatable bonds is 2. The van der Waals surface area contributed by atoms with Gasteiger partial charge in [-0.1, -0.05) is 0 Å². The quantitative estimate of drug-likeness (QED) is 0.372. The third-order valence-electron chi connectivity index (χ3n) is 0.629. The number of carboxylic acid groups (broad SMARTS) is 2. The summed E-state index contributed by atoms with van der Waals surface area (Å²) >= 11 is 0. The molecule has 70 valence electrons. The number of aliphatic carboxylic acids is 2. The van der Waals surface area contributed by atoms with E-state index < -0.39 is 23.8 Å². The number of hydrogen-bond acceptors (Lipinski definition) is 6. The molecule has 0 aliphatic heterocycles. The van der Waals surface area contributed by atoms with E-state index in [0.29, 0.717) is 0 Å². The second-order valence-electron chi connectivity index (χ2n) is 1.84. The van der Waals surface area contributed by atoms with E-state index in [2.05, 4.69) is 0 Å². The van der Waals surface area contributed by atoms with E-state index in [9.17, 15) is 24.6 Å². The molecule has 6 nitrogen and oxygen atoms in total. The first-order valence-electron chi connectivity index (χ1n) is 2.89. The van der Waals surface area contributed by atoms with Crippen molar-refractivity contribution in [2.24, 2.45) is 0 Å². The van der Waals surface area contributed by atoms with Gasteiger partial charge in [-0.25, -0.2) is 0 Å². The van der Waals surface area contributed by atoms with E-state index in [-0.39, 0.29) is 37.7 Å². The molecular weight excluding hydrogens is 208 g/mol. The van der Waals surface area contributed by atoms with Gasteiger partial charge in [0.1, 0.15) is 5.97 Å². The van der Waals surface area contributed by atoms with Gasteiger partial charge in [0.05, 0.1) is 12.1 Å². The summed E-state index contributed by atoms with van der Waals surface area (Å²) < 4.78 is 0. The van der Waals surface area contributed by atoms with E-state index in [1.54, 1.807) is 0 Å². The number of carbonyl (C=O) groups is 3. The van der Waals surface area contributed by atoms with E-state index >= 15 is 0 Å². The average molecular weight is 216 g/mol. The molecule has 7 heteroatoms. The van der Waals surface area contributed by atoms with E-state index in [1.807, 2.05) is 0 Å². The molecule has 0 radical (unpaired) electrons. The molecule has 0 fully saturated rings. The summed E-state index contributed by atoms with van der Waals surface area (Å²) in [5.41, 5.74) is 0. The Morgan fingerprint density at radius 1 is 1.23 bits per heavy atom. The number of aliphatic hydroxyl groups is 1. The van der Waals surface area contributed by atoms with Crippen molar-refractivity contribution in [1.82, 2.24) is 0 Å². The van der Waals surface area contributed by atoms with Crippen molar-refractivity contribution in [1.29, 1.82) is 0 Å². The molecule has 0 aromatic carbocycles. The third kappa shape index (κ3) is 18.6. The van der Waals surface area contributed by atoms with Gasteiger partial charge in [0.15, 0.2) is 5.78 Å². The fourth-order valence-corrected chi connectivity index (χ4v) is 0. The van der Waals surface area contributed by atoms with Gasteiger partial charge in [0.25, 0.3) is 0 Å². The summed E-state index contributed by atoms with van der Waals surface area (Å²) in [6.07, 6.45) is -1.34. The van der Waals surface area contributed by atoms with Crippen LogP contribution in [0.25, 0.3) is 0 Å². The Bertz CT molecular complexity index is 176. The van der Waals surface area contributed by atoms with Crippen molar-refractivity contribution in [2.75, 3.05) is 0 Å². The summed E-state index contributed by atoms with van der Waals surface area (Å²) in [5, 5.41) is 26.5. The molecule has 0 aliphatic carbocycles. The van der Waals surface area contributed by atoms with Crippen LogP contribution >= 0.6 is 0 Å². The molecule has 0 amide bonds. The molecule has 1 unspecified atom stereocenters. The Labute approximate surface area is 105 Å². The zero-order valence-electron chi connectivity index (χ0n) is 7.27. The SMILES string of the molecule is CC(=O)C(=O)[O-].CC(O)C(=O)[O-].[Ca+2]. The van der Waals surface area contributed by atoms with Crippen LogP contribution in [0.15, 0.2) is 0 Å². The van der Waals surface area contributed by atoms with Gasteiger partial charge in [0.2, 0.25) is 0 Å². The topological polar surface area (TPSA) is 118 Å². The molecule has 0 saturated carbocycles. The molecule has 13 heavy (non-hydrogen) atoms. The van der Waals surface area contributed by atoms with Crippen LogP contribution in [-0.4, -0.2) is 66.7 Å². The van der Waals surface area contributed by atoms with Gasteiger partial charge in [-0.3, -0.25) is 4.79 Å². The Balaban J connectivity index is -0.000000143. The number of ketones is 1. The predicted molar refractivity (Wildman–Crippen MR) is 38.1 cm³/mol. The molecule has 0 aliphatic rings. The van der Waals surface area contributed by atoms with Crippen LogP contribution in [0.4, 0.5) is 0 Å². The minimum absolute atomic E-state index is 0. The summed E-state index contributed by atoms with van der Waals surface area (Å²) in [6.45, 7) is 2.07. The molecule has 1 N–H and O–H groups in total. The largest absolute Gasteiger partial charge is 2.00 e. The smallest absolute Gasteiger partial charge is 0.547 e. The van der Waals surface area contributed by atoms with Crippen molar-refractivity contribution in [3.8, 4) is 0 Å². The number of carbonyl (C=O) groups excluding carboxylic acids is 3. The Kier molecular flexibility index (Phi) is 14.2. The zero-order chi connectivity index (χ0) is 10.3. The molecule has 0 spiro atoms. The van der Waals surface area contributed by atoms with Gasteiger partial charge in [-0.15, -0.1) is 0 Å². The fraction of sp³-hybridized carbons (Fsp3) is 0.500. The van der Waals surface area contributed by atoms with Crippen LogP contribution in [0.5, 0.6) is 0 Å². The van der Waals surface area contributed by atoms with Crippen LogP contribution in [0.3, 0.4) is 0 Å². The Morgan fingerprint density at radius 3 is 1.38 bits per heavy atom. The first kappa shape index (κ1) is 18.6. The predicted octanol–water partition coefficient (Wildman–Crippen LogP) is -3.94. The van der Waals surface area contributed by atoms with Crippen LogP contribution in [0.1, 0.15) is 13.8 Å². The minimum atomic E-state index is -1.63. The summed E-state index contributed by atoms with van der Waals surface area (Å²) in [5.74, 6) is -4.00. The van der Waals surface area contributed by atoms with E-state index in [4.69, 9.17) is 5.11 Å². The van der Waals surface area contributed by atoms with Crippen LogP contribution in [0, 0.1) is 0 Å². The first-order valence-corrected chi connectivity index (χ1v) is 2.89. The van der Waals surface area contributed by atoms with Crippen LogP contribution in [-0.2, 0) is 14.4 Å². The summed E-state index contributed by atoms with van der Waals surface area (Å²) in [7, 11) is 0. The van der Waals surface area contributed by atoms with Crippen LogP contribution in [0.2, 0.25) is 0 Å². The van der Waals surface area contributed by atoms with Crippen molar-refractivity contribution in [3.63, 3.8) is 0 Å². The Morgan fingerprint density at radius 2 is 1.38 bits per heavy atom. The molecule has 1 atom stereocenters. The maximum absolute atomic E-state index is 9.48. The monoisotopic (exact) mass is 216 g/mol. The van der Waals surface area contributed by atoms with Gasteiger partial charge in [-0.05, 0) is 6.92 Å². The van der Waals surface area contributed by atoms with Crippen molar-refractivity contribution in [3.05, 3.63) is 0 Å². The van der Waals surface area contributed by atoms with Gasteiger partial charge < -0.3 is 24.9 Å². The van der Waals surface area contributed by atoms with Gasteiger partial charge in [-0.2, -0.15) is 0 Å². The molecule has 0 saturated heterocycles. The summed E-state index contributed by atoms with van der Waals surface area (Å²) in [4.78, 5) is 28.1.